The van der Waals surface area contributed by atoms with Crippen LogP contribution in [0.5, 0.6) is 5.75 Å². The quantitative estimate of drug-likeness (QED) is 0.787. The molecule has 0 radical (unpaired) electrons. The molecule has 138 valence electrons. The fourth-order valence-electron chi connectivity index (χ4n) is 3.16. The van der Waals surface area contributed by atoms with Gasteiger partial charge in [0.05, 0.1) is 13.2 Å². The Bertz CT molecular complexity index is 615. The zero-order valence-corrected chi connectivity index (χ0v) is 15.8. The molecule has 2 rings (SSSR count). The SMILES string of the molecule is CCOc1ccccc1CN1C(=O)CC[C@]1(C)C(=O)NCCC(C)C. The van der Waals surface area contributed by atoms with Gasteiger partial charge in [0, 0.05) is 18.5 Å². The number of para-hydroxylation sites is 1. The van der Waals surface area contributed by atoms with Crippen LogP contribution < -0.4 is 10.1 Å². The van der Waals surface area contributed by atoms with Crippen molar-refractivity contribution in [2.24, 2.45) is 5.92 Å². The number of nitrogens with one attached hydrogen (secondary N) is 1. The van der Waals surface area contributed by atoms with Crippen molar-refractivity contribution in [3.8, 4) is 5.75 Å². The van der Waals surface area contributed by atoms with E-state index in [2.05, 4.69) is 19.2 Å². The van der Waals surface area contributed by atoms with Gasteiger partial charge in [0.1, 0.15) is 11.3 Å². The van der Waals surface area contributed by atoms with Crippen LogP contribution in [0.15, 0.2) is 24.3 Å². The fourth-order valence-corrected chi connectivity index (χ4v) is 3.16. The van der Waals surface area contributed by atoms with Gasteiger partial charge in [0.15, 0.2) is 0 Å². The number of hydrogen-bond donors (Lipinski definition) is 1. The molecule has 0 aromatic heterocycles. The third-order valence-corrected chi connectivity index (χ3v) is 4.82. The van der Waals surface area contributed by atoms with Crippen LogP contribution in [-0.2, 0) is 16.1 Å². The molecule has 1 atom stereocenters. The van der Waals surface area contributed by atoms with Crippen molar-refractivity contribution in [3.63, 3.8) is 0 Å². The molecule has 1 aliphatic rings. The molecule has 1 heterocycles. The molecule has 5 heteroatoms. The summed E-state index contributed by atoms with van der Waals surface area (Å²) >= 11 is 0. The largest absolute Gasteiger partial charge is 0.494 e. The Balaban J connectivity index is 2.14. The fraction of sp³-hybridized carbons (Fsp3) is 0.600. The van der Waals surface area contributed by atoms with Crippen LogP contribution in [0.3, 0.4) is 0 Å². The Hall–Kier alpha value is -2.04. The molecule has 0 aliphatic carbocycles. The molecule has 1 aromatic carbocycles. The summed E-state index contributed by atoms with van der Waals surface area (Å²) in [6.07, 6.45) is 1.89. The molecule has 5 nitrogen and oxygen atoms in total. The van der Waals surface area contributed by atoms with E-state index in [1.54, 1.807) is 4.90 Å². The van der Waals surface area contributed by atoms with E-state index in [0.29, 0.717) is 38.5 Å². The number of nitrogens with zero attached hydrogens (tertiary/aromatic N) is 1. The van der Waals surface area contributed by atoms with E-state index in [1.807, 2.05) is 38.1 Å². The predicted octanol–water partition coefficient (Wildman–Crippen LogP) is 3.13. The number of benzene rings is 1. The first-order chi connectivity index (χ1) is 11.9. The summed E-state index contributed by atoms with van der Waals surface area (Å²) in [6.45, 7) is 9.66. The first-order valence-corrected chi connectivity index (χ1v) is 9.18. The summed E-state index contributed by atoms with van der Waals surface area (Å²) in [7, 11) is 0. The number of likely N-dealkylation sites (tertiary alicyclic amines) is 1. The normalized spacial score (nSPS) is 20.2. The van der Waals surface area contributed by atoms with Crippen LogP contribution in [0.4, 0.5) is 0 Å². The van der Waals surface area contributed by atoms with Gasteiger partial charge in [-0.05, 0) is 38.7 Å². The number of rotatable bonds is 8. The molecule has 1 saturated heterocycles. The van der Waals surface area contributed by atoms with Crippen LogP contribution in [0, 0.1) is 5.92 Å². The van der Waals surface area contributed by atoms with Crippen LogP contribution in [0.25, 0.3) is 0 Å². The molecule has 25 heavy (non-hydrogen) atoms. The van der Waals surface area contributed by atoms with E-state index in [1.165, 1.54) is 0 Å². The van der Waals surface area contributed by atoms with E-state index in [4.69, 9.17) is 4.74 Å². The van der Waals surface area contributed by atoms with Gasteiger partial charge in [0.2, 0.25) is 11.8 Å². The summed E-state index contributed by atoms with van der Waals surface area (Å²) in [5, 5.41) is 3.01. The third kappa shape index (κ3) is 4.53. The minimum atomic E-state index is -0.798. The highest BCUT2D eigenvalue weighted by molar-refractivity contribution is 5.94. The Labute approximate surface area is 150 Å². The molecule has 1 N–H and O–H groups in total. The van der Waals surface area contributed by atoms with Gasteiger partial charge in [-0.3, -0.25) is 9.59 Å². The second-order valence-corrected chi connectivity index (χ2v) is 7.23. The maximum Gasteiger partial charge on any atom is 0.245 e. The highest BCUT2D eigenvalue weighted by Gasteiger charge is 2.47. The highest BCUT2D eigenvalue weighted by Crippen LogP contribution is 2.33. The summed E-state index contributed by atoms with van der Waals surface area (Å²) in [4.78, 5) is 26.9. The Morgan fingerprint density at radius 1 is 1.36 bits per heavy atom. The van der Waals surface area contributed by atoms with Gasteiger partial charge in [-0.15, -0.1) is 0 Å². The number of amides is 2. The molecule has 1 aromatic rings. The van der Waals surface area contributed by atoms with Crippen LogP contribution in [0.2, 0.25) is 0 Å². The zero-order valence-electron chi connectivity index (χ0n) is 15.8. The second kappa shape index (κ2) is 8.37. The van der Waals surface area contributed by atoms with Crippen LogP contribution in [-0.4, -0.2) is 35.4 Å². The van der Waals surface area contributed by atoms with Crippen LogP contribution >= 0.6 is 0 Å². The van der Waals surface area contributed by atoms with Crippen molar-refractivity contribution in [1.82, 2.24) is 10.2 Å². The molecule has 0 spiro atoms. The van der Waals surface area contributed by atoms with E-state index in [0.717, 1.165) is 17.7 Å². The van der Waals surface area contributed by atoms with Gasteiger partial charge in [-0.1, -0.05) is 32.0 Å². The van der Waals surface area contributed by atoms with Crippen LogP contribution in [0.1, 0.15) is 52.5 Å². The van der Waals surface area contributed by atoms with E-state index in [-0.39, 0.29) is 11.8 Å². The maximum absolute atomic E-state index is 12.8. The molecular formula is C20H30N2O3. The average molecular weight is 346 g/mol. The van der Waals surface area contributed by atoms with Crippen molar-refractivity contribution < 1.29 is 14.3 Å². The van der Waals surface area contributed by atoms with Gasteiger partial charge in [-0.25, -0.2) is 0 Å². The topological polar surface area (TPSA) is 58.6 Å². The minimum Gasteiger partial charge on any atom is -0.494 e. The Kier molecular flexibility index (Phi) is 6.45. The lowest BCUT2D eigenvalue weighted by atomic mass is 9.96. The molecule has 1 aliphatic heterocycles. The maximum atomic E-state index is 12.8. The Morgan fingerprint density at radius 2 is 2.08 bits per heavy atom. The van der Waals surface area contributed by atoms with Crippen molar-refractivity contribution in [3.05, 3.63) is 29.8 Å². The van der Waals surface area contributed by atoms with E-state index >= 15 is 0 Å². The number of hydrogen-bond acceptors (Lipinski definition) is 3. The third-order valence-electron chi connectivity index (χ3n) is 4.82. The summed E-state index contributed by atoms with van der Waals surface area (Å²) < 4.78 is 5.66. The van der Waals surface area contributed by atoms with Gasteiger partial charge in [0.25, 0.3) is 0 Å². The monoisotopic (exact) mass is 346 g/mol. The van der Waals surface area contributed by atoms with Crippen molar-refractivity contribution >= 4 is 11.8 Å². The van der Waals surface area contributed by atoms with E-state index in [9.17, 15) is 9.59 Å². The highest BCUT2D eigenvalue weighted by atomic mass is 16.5. The average Bonchev–Trinajstić information content (AvgIpc) is 2.86. The molecule has 0 bridgehead atoms. The predicted molar refractivity (Wildman–Crippen MR) is 98.3 cm³/mol. The first-order valence-electron chi connectivity index (χ1n) is 9.18. The van der Waals surface area contributed by atoms with Gasteiger partial charge in [-0.2, -0.15) is 0 Å². The molecule has 0 saturated carbocycles. The minimum absolute atomic E-state index is 0.0211. The lowest BCUT2D eigenvalue weighted by Gasteiger charge is -2.34. The van der Waals surface area contributed by atoms with Gasteiger partial charge >= 0.3 is 0 Å². The number of ether oxygens (including phenoxy) is 1. The molecule has 0 unspecified atom stereocenters. The molecular weight excluding hydrogens is 316 g/mol. The standard InChI is InChI=1S/C20H30N2O3/c1-5-25-17-9-7-6-8-16(17)14-22-18(23)10-12-20(22,4)19(24)21-13-11-15(2)3/h6-9,15H,5,10-14H2,1-4H3,(H,21,24)/t20-/m1/s1. The summed E-state index contributed by atoms with van der Waals surface area (Å²) in [5.74, 6) is 1.26. The van der Waals surface area contributed by atoms with E-state index < -0.39 is 5.54 Å². The Morgan fingerprint density at radius 3 is 2.76 bits per heavy atom. The first kappa shape index (κ1) is 19.3. The van der Waals surface area contributed by atoms with Crippen molar-refractivity contribution in [2.45, 2.75) is 59.0 Å². The zero-order chi connectivity index (χ0) is 18.4. The number of carbonyl (C=O) groups is 2. The number of carbonyl (C=O) groups excluding carboxylic acids is 2. The summed E-state index contributed by atoms with van der Waals surface area (Å²) in [6, 6.07) is 7.70. The molecule has 1 fully saturated rings. The molecule has 2 amide bonds. The van der Waals surface area contributed by atoms with Crippen molar-refractivity contribution in [1.29, 1.82) is 0 Å². The summed E-state index contributed by atoms with van der Waals surface area (Å²) in [5.41, 5.74) is 0.133. The lowest BCUT2D eigenvalue weighted by Crippen LogP contribution is -2.54. The van der Waals surface area contributed by atoms with Crippen molar-refractivity contribution in [2.75, 3.05) is 13.2 Å². The second-order valence-electron chi connectivity index (χ2n) is 7.23. The smallest absolute Gasteiger partial charge is 0.245 e. The van der Waals surface area contributed by atoms with Gasteiger partial charge < -0.3 is 15.0 Å². The lowest BCUT2D eigenvalue weighted by molar-refractivity contribution is -0.141.